The Morgan fingerprint density at radius 2 is 1.52 bits per heavy atom. The van der Waals surface area contributed by atoms with Crippen LogP contribution in [0.1, 0.15) is 22.8 Å². The molecule has 166 valence electrons. The molecule has 3 N–H and O–H groups in total. The highest BCUT2D eigenvalue weighted by molar-refractivity contribution is 6.15. The first kappa shape index (κ1) is 21.8. The van der Waals surface area contributed by atoms with Gasteiger partial charge in [-0.25, -0.2) is 0 Å². The van der Waals surface area contributed by atoms with Gasteiger partial charge in [0.05, 0.1) is 17.8 Å². The van der Waals surface area contributed by atoms with Crippen LogP contribution in [0.25, 0.3) is 0 Å². The molecule has 3 aromatic rings. The molecule has 0 bridgehead atoms. The molecule has 4 rings (SSSR count). The van der Waals surface area contributed by atoms with Gasteiger partial charge in [-0.15, -0.1) is 0 Å². The highest BCUT2D eigenvalue weighted by atomic mass is 16.2. The smallest absolute Gasteiger partial charge is 0.258 e. The number of para-hydroxylation sites is 2. The van der Waals surface area contributed by atoms with Crippen molar-refractivity contribution in [2.75, 3.05) is 27.4 Å². The Morgan fingerprint density at radius 1 is 0.879 bits per heavy atom. The summed E-state index contributed by atoms with van der Waals surface area (Å²) in [4.78, 5) is 49.9. The van der Waals surface area contributed by atoms with Gasteiger partial charge in [0, 0.05) is 23.9 Å². The van der Waals surface area contributed by atoms with Gasteiger partial charge in [-0.1, -0.05) is 24.3 Å². The third-order valence-electron chi connectivity index (χ3n) is 5.07. The summed E-state index contributed by atoms with van der Waals surface area (Å²) in [7, 11) is 0. The molecule has 0 radical (unpaired) electrons. The highest BCUT2D eigenvalue weighted by Crippen LogP contribution is 2.30. The topological polar surface area (TPSA) is 108 Å². The molecule has 0 atom stereocenters. The molecule has 8 heteroatoms. The number of carbonyl (C=O) groups is 4. The number of hydrogen-bond donors (Lipinski definition) is 3. The van der Waals surface area contributed by atoms with Crippen LogP contribution in [0.4, 0.5) is 22.7 Å². The van der Waals surface area contributed by atoms with Crippen molar-refractivity contribution in [2.45, 2.75) is 13.3 Å². The maximum Gasteiger partial charge on any atom is 0.258 e. The van der Waals surface area contributed by atoms with E-state index in [2.05, 4.69) is 16.0 Å². The predicted molar refractivity (Wildman–Crippen MR) is 126 cm³/mol. The van der Waals surface area contributed by atoms with Crippen LogP contribution in [0.3, 0.4) is 0 Å². The maximum atomic E-state index is 13.0. The number of anilines is 4. The zero-order valence-corrected chi connectivity index (χ0v) is 17.9. The summed E-state index contributed by atoms with van der Waals surface area (Å²) in [6.45, 7) is 1.37. The second kappa shape index (κ2) is 9.35. The Kier molecular flexibility index (Phi) is 6.17. The van der Waals surface area contributed by atoms with E-state index in [0.717, 1.165) is 5.56 Å². The van der Waals surface area contributed by atoms with E-state index in [-0.39, 0.29) is 36.6 Å². The first-order chi connectivity index (χ1) is 15.9. The number of benzene rings is 3. The van der Waals surface area contributed by atoms with Gasteiger partial charge in [-0.05, 0) is 54.1 Å². The molecule has 3 aromatic carbocycles. The first-order valence-electron chi connectivity index (χ1n) is 10.4. The quantitative estimate of drug-likeness (QED) is 0.563. The van der Waals surface area contributed by atoms with Crippen LogP contribution < -0.4 is 20.9 Å². The first-order valence-corrected chi connectivity index (χ1v) is 10.4. The number of nitrogens with zero attached hydrogens (tertiary/aromatic N) is 1. The van der Waals surface area contributed by atoms with Gasteiger partial charge < -0.3 is 16.0 Å². The van der Waals surface area contributed by atoms with Crippen molar-refractivity contribution in [2.24, 2.45) is 0 Å². The van der Waals surface area contributed by atoms with E-state index in [1.165, 1.54) is 11.8 Å². The molecule has 8 nitrogen and oxygen atoms in total. The zero-order valence-electron chi connectivity index (χ0n) is 17.9. The van der Waals surface area contributed by atoms with Crippen molar-refractivity contribution in [1.82, 2.24) is 0 Å². The standard InChI is InChI=1S/C25H22N4O4/c1-16(30)26-19-10-6-17(7-11-19)14-23(31)27-20-12-8-18(9-13-20)25(33)29-15-24(32)28-21-4-2-3-5-22(21)29/h2-13H,14-15H2,1H3,(H,26,30)(H,27,31)(H,28,32). The summed E-state index contributed by atoms with van der Waals surface area (Å²) in [6, 6.07) is 20.7. The summed E-state index contributed by atoms with van der Waals surface area (Å²) >= 11 is 0. The van der Waals surface area contributed by atoms with E-state index in [1.807, 2.05) is 6.07 Å². The Labute approximate surface area is 190 Å². The van der Waals surface area contributed by atoms with E-state index in [4.69, 9.17) is 0 Å². The van der Waals surface area contributed by atoms with E-state index >= 15 is 0 Å². The van der Waals surface area contributed by atoms with Crippen molar-refractivity contribution >= 4 is 46.4 Å². The Morgan fingerprint density at radius 3 is 2.21 bits per heavy atom. The summed E-state index contributed by atoms with van der Waals surface area (Å²) in [5.41, 5.74) is 3.67. The Hall–Kier alpha value is -4.46. The molecule has 0 fully saturated rings. The van der Waals surface area contributed by atoms with Crippen LogP contribution in [0.5, 0.6) is 0 Å². The van der Waals surface area contributed by atoms with Crippen molar-refractivity contribution in [3.8, 4) is 0 Å². The highest BCUT2D eigenvalue weighted by Gasteiger charge is 2.27. The molecule has 4 amide bonds. The summed E-state index contributed by atoms with van der Waals surface area (Å²) in [6.07, 6.45) is 0.167. The van der Waals surface area contributed by atoms with Gasteiger partial charge in [0.2, 0.25) is 17.7 Å². The van der Waals surface area contributed by atoms with Gasteiger partial charge in [-0.3, -0.25) is 24.1 Å². The minimum Gasteiger partial charge on any atom is -0.326 e. The normalized spacial score (nSPS) is 12.4. The molecule has 1 aliphatic rings. The fourth-order valence-electron chi connectivity index (χ4n) is 3.57. The largest absolute Gasteiger partial charge is 0.326 e. The molecule has 0 aromatic heterocycles. The molecule has 1 heterocycles. The fraction of sp³-hybridized carbons (Fsp3) is 0.120. The van der Waals surface area contributed by atoms with E-state index in [0.29, 0.717) is 28.3 Å². The molecule has 0 aliphatic carbocycles. The van der Waals surface area contributed by atoms with Crippen LogP contribution >= 0.6 is 0 Å². The van der Waals surface area contributed by atoms with Gasteiger partial charge in [-0.2, -0.15) is 0 Å². The number of fused-ring (bicyclic) bond motifs is 1. The Bertz CT molecular complexity index is 1220. The number of amides is 4. The van der Waals surface area contributed by atoms with Crippen molar-refractivity contribution in [3.63, 3.8) is 0 Å². The van der Waals surface area contributed by atoms with Crippen LogP contribution in [-0.4, -0.2) is 30.2 Å². The zero-order chi connectivity index (χ0) is 23.4. The van der Waals surface area contributed by atoms with E-state index < -0.39 is 0 Å². The average molecular weight is 442 g/mol. The van der Waals surface area contributed by atoms with Crippen LogP contribution in [0.2, 0.25) is 0 Å². The lowest BCUT2D eigenvalue weighted by Gasteiger charge is -2.29. The minimum atomic E-state index is -0.297. The van der Waals surface area contributed by atoms with Gasteiger partial charge in [0.15, 0.2) is 0 Å². The van der Waals surface area contributed by atoms with Crippen molar-refractivity contribution in [1.29, 1.82) is 0 Å². The number of nitrogens with one attached hydrogen (secondary N) is 3. The predicted octanol–water partition coefficient (Wildman–Crippen LogP) is 3.43. The molecular weight excluding hydrogens is 420 g/mol. The van der Waals surface area contributed by atoms with Crippen molar-refractivity contribution in [3.05, 3.63) is 83.9 Å². The minimum absolute atomic E-state index is 0.0605. The SMILES string of the molecule is CC(=O)Nc1ccc(CC(=O)Nc2ccc(C(=O)N3CC(=O)Nc4ccccc43)cc2)cc1. The molecule has 33 heavy (non-hydrogen) atoms. The maximum absolute atomic E-state index is 13.0. The van der Waals surface area contributed by atoms with Crippen LogP contribution in [0, 0.1) is 0 Å². The molecule has 0 saturated heterocycles. The number of rotatable bonds is 5. The fourth-order valence-corrected chi connectivity index (χ4v) is 3.57. The monoisotopic (exact) mass is 442 g/mol. The second-order valence-electron chi connectivity index (χ2n) is 7.64. The van der Waals surface area contributed by atoms with E-state index in [9.17, 15) is 19.2 Å². The van der Waals surface area contributed by atoms with Crippen molar-refractivity contribution < 1.29 is 19.2 Å². The van der Waals surface area contributed by atoms with Crippen LogP contribution in [0.15, 0.2) is 72.8 Å². The average Bonchev–Trinajstić information content (AvgIpc) is 2.79. The molecule has 0 spiro atoms. The third kappa shape index (κ3) is 5.24. The van der Waals surface area contributed by atoms with E-state index in [1.54, 1.807) is 66.7 Å². The lowest BCUT2D eigenvalue weighted by Crippen LogP contribution is -2.42. The summed E-state index contributed by atoms with van der Waals surface area (Å²) in [5.74, 6) is -0.913. The number of hydrogen-bond acceptors (Lipinski definition) is 4. The molecular formula is C25H22N4O4. The molecule has 1 aliphatic heterocycles. The Balaban J connectivity index is 1.39. The number of carbonyl (C=O) groups excluding carboxylic acids is 4. The lowest BCUT2D eigenvalue weighted by atomic mass is 10.1. The van der Waals surface area contributed by atoms with Gasteiger partial charge in [0.25, 0.3) is 5.91 Å². The van der Waals surface area contributed by atoms with Gasteiger partial charge in [0.1, 0.15) is 6.54 Å². The second-order valence-corrected chi connectivity index (χ2v) is 7.64. The third-order valence-corrected chi connectivity index (χ3v) is 5.07. The molecule has 0 unspecified atom stereocenters. The van der Waals surface area contributed by atoms with Crippen LogP contribution in [-0.2, 0) is 20.8 Å². The summed E-state index contributed by atoms with van der Waals surface area (Å²) < 4.78 is 0. The van der Waals surface area contributed by atoms with Gasteiger partial charge >= 0.3 is 0 Å². The molecule has 0 saturated carbocycles. The lowest BCUT2D eigenvalue weighted by molar-refractivity contribution is -0.116. The summed E-state index contributed by atoms with van der Waals surface area (Å²) in [5, 5.41) is 8.25.